The van der Waals surface area contributed by atoms with Gasteiger partial charge in [0.05, 0.1) is 16.7 Å². The normalized spacial score (nSPS) is 22.6. The first-order valence-electron chi connectivity index (χ1n) is 6.59. The Morgan fingerprint density at radius 3 is 3.00 bits per heavy atom. The summed E-state index contributed by atoms with van der Waals surface area (Å²) in [7, 11) is 0. The summed E-state index contributed by atoms with van der Waals surface area (Å²) in [5.74, 6) is 0.0168. The zero-order chi connectivity index (χ0) is 13.3. The topological polar surface area (TPSA) is 54.0 Å². The molecule has 2 heterocycles. The highest BCUT2D eigenvalue weighted by atomic mass is 16.2. The molecule has 2 aromatic rings. The van der Waals surface area contributed by atoms with Crippen LogP contribution in [0.1, 0.15) is 19.8 Å². The lowest BCUT2D eigenvalue weighted by Gasteiger charge is -2.23. The van der Waals surface area contributed by atoms with E-state index in [1.807, 2.05) is 37.3 Å². The van der Waals surface area contributed by atoms with Crippen molar-refractivity contribution in [2.24, 2.45) is 0 Å². The first kappa shape index (κ1) is 12.1. The van der Waals surface area contributed by atoms with Crippen LogP contribution in [0.25, 0.3) is 10.9 Å². The maximum Gasteiger partial charge on any atom is 0.244 e. The molecule has 1 fully saturated rings. The van der Waals surface area contributed by atoms with Crippen LogP contribution in [0, 0.1) is 0 Å². The summed E-state index contributed by atoms with van der Waals surface area (Å²) in [4.78, 5) is 16.7. The van der Waals surface area contributed by atoms with Crippen LogP contribution in [-0.2, 0) is 4.79 Å². The molecule has 1 saturated heterocycles. The Kier molecular flexibility index (Phi) is 2.95. The van der Waals surface area contributed by atoms with E-state index in [1.54, 1.807) is 6.20 Å². The van der Waals surface area contributed by atoms with Crippen LogP contribution >= 0.6 is 0 Å². The average molecular weight is 255 g/mol. The van der Waals surface area contributed by atoms with Gasteiger partial charge in [-0.25, -0.2) is 0 Å². The van der Waals surface area contributed by atoms with E-state index in [0.29, 0.717) is 0 Å². The van der Waals surface area contributed by atoms with Gasteiger partial charge in [-0.3, -0.25) is 9.78 Å². The highest BCUT2D eigenvalue weighted by molar-refractivity contribution is 6.04. The number of amides is 1. The average Bonchev–Trinajstić information content (AvgIpc) is 2.87. The Hall–Kier alpha value is -1.94. The number of anilines is 1. The number of carbonyl (C=O) groups excluding carboxylic acids is 1. The first-order valence-corrected chi connectivity index (χ1v) is 6.59. The number of fused-ring (bicyclic) bond motifs is 1. The van der Waals surface area contributed by atoms with Crippen molar-refractivity contribution in [1.82, 2.24) is 10.3 Å². The highest BCUT2D eigenvalue weighted by Gasteiger charge is 2.35. The zero-order valence-electron chi connectivity index (χ0n) is 10.9. The van der Waals surface area contributed by atoms with Crippen LogP contribution in [0.3, 0.4) is 0 Å². The first-order chi connectivity index (χ1) is 9.19. The minimum Gasteiger partial charge on any atom is -0.323 e. The van der Waals surface area contributed by atoms with Crippen molar-refractivity contribution in [1.29, 1.82) is 0 Å². The van der Waals surface area contributed by atoms with Gasteiger partial charge in [-0.15, -0.1) is 0 Å². The minimum atomic E-state index is -0.461. The fourth-order valence-corrected chi connectivity index (χ4v) is 2.55. The summed E-state index contributed by atoms with van der Waals surface area (Å²) < 4.78 is 0. The Morgan fingerprint density at radius 1 is 1.37 bits per heavy atom. The van der Waals surface area contributed by atoms with Crippen molar-refractivity contribution in [3.63, 3.8) is 0 Å². The molecule has 4 heteroatoms. The van der Waals surface area contributed by atoms with Gasteiger partial charge in [-0.1, -0.05) is 18.2 Å². The van der Waals surface area contributed by atoms with Gasteiger partial charge in [-0.2, -0.15) is 0 Å². The Labute approximate surface area is 112 Å². The monoisotopic (exact) mass is 255 g/mol. The summed E-state index contributed by atoms with van der Waals surface area (Å²) in [6.45, 7) is 2.85. The molecule has 1 aromatic carbocycles. The molecule has 2 N–H and O–H groups in total. The molecule has 1 aliphatic rings. The van der Waals surface area contributed by atoms with E-state index in [0.717, 1.165) is 36.0 Å². The maximum atomic E-state index is 12.4. The molecule has 1 atom stereocenters. The Bertz CT molecular complexity index is 612. The fourth-order valence-electron chi connectivity index (χ4n) is 2.55. The van der Waals surface area contributed by atoms with Crippen molar-refractivity contribution in [2.75, 3.05) is 11.9 Å². The second-order valence-corrected chi connectivity index (χ2v) is 5.20. The number of hydrogen-bond donors (Lipinski definition) is 2. The number of pyridine rings is 1. The molecule has 0 saturated carbocycles. The molecule has 19 heavy (non-hydrogen) atoms. The number of para-hydroxylation sites is 1. The summed E-state index contributed by atoms with van der Waals surface area (Å²) in [6.07, 6.45) is 3.66. The molecule has 1 aliphatic heterocycles. The molecule has 4 nitrogen and oxygen atoms in total. The third kappa shape index (κ3) is 2.19. The summed E-state index contributed by atoms with van der Waals surface area (Å²) in [6, 6.07) is 9.71. The van der Waals surface area contributed by atoms with Crippen LogP contribution in [0.4, 0.5) is 5.69 Å². The minimum absolute atomic E-state index is 0.0168. The smallest absolute Gasteiger partial charge is 0.244 e. The molecular weight excluding hydrogens is 238 g/mol. The van der Waals surface area contributed by atoms with Gasteiger partial charge in [0.1, 0.15) is 0 Å². The largest absolute Gasteiger partial charge is 0.323 e. The van der Waals surface area contributed by atoms with Crippen LogP contribution in [0.5, 0.6) is 0 Å². The van der Waals surface area contributed by atoms with Gasteiger partial charge in [0.2, 0.25) is 5.91 Å². The molecule has 3 rings (SSSR count). The van der Waals surface area contributed by atoms with Crippen molar-refractivity contribution >= 4 is 22.5 Å². The van der Waals surface area contributed by atoms with E-state index < -0.39 is 5.54 Å². The molecule has 0 bridgehead atoms. The number of nitrogens with zero attached hydrogens (tertiary/aromatic N) is 1. The number of hydrogen-bond acceptors (Lipinski definition) is 3. The quantitative estimate of drug-likeness (QED) is 0.866. The van der Waals surface area contributed by atoms with E-state index in [-0.39, 0.29) is 5.91 Å². The van der Waals surface area contributed by atoms with E-state index in [9.17, 15) is 4.79 Å². The van der Waals surface area contributed by atoms with E-state index in [2.05, 4.69) is 15.6 Å². The molecule has 0 radical (unpaired) electrons. The van der Waals surface area contributed by atoms with Crippen molar-refractivity contribution in [3.8, 4) is 0 Å². The van der Waals surface area contributed by atoms with Crippen LogP contribution in [-0.4, -0.2) is 23.0 Å². The van der Waals surface area contributed by atoms with Gasteiger partial charge >= 0.3 is 0 Å². The predicted octanol–water partition coefficient (Wildman–Crippen LogP) is 2.32. The van der Waals surface area contributed by atoms with Crippen LogP contribution < -0.4 is 10.6 Å². The Morgan fingerprint density at radius 2 is 2.21 bits per heavy atom. The summed E-state index contributed by atoms with van der Waals surface area (Å²) in [5, 5.41) is 7.30. The van der Waals surface area contributed by atoms with E-state index in [4.69, 9.17) is 0 Å². The fraction of sp³-hybridized carbons (Fsp3) is 0.333. The van der Waals surface area contributed by atoms with E-state index in [1.165, 1.54) is 0 Å². The van der Waals surface area contributed by atoms with Crippen LogP contribution in [0.2, 0.25) is 0 Å². The van der Waals surface area contributed by atoms with Gasteiger partial charge in [0.25, 0.3) is 0 Å². The molecule has 1 unspecified atom stereocenters. The lowest BCUT2D eigenvalue weighted by Crippen LogP contribution is -2.48. The number of rotatable bonds is 2. The number of aromatic nitrogens is 1. The van der Waals surface area contributed by atoms with Gasteiger partial charge < -0.3 is 10.6 Å². The van der Waals surface area contributed by atoms with Crippen molar-refractivity contribution in [2.45, 2.75) is 25.3 Å². The third-order valence-electron chi connectivity index (χ3n) is 3.75. The third-order valence-corrected chi connectivity index (χ3v) is 3.75. The second kappa shape index (κ2) is 4.63. The van der Waals surface area contributed by atoms with Crippen LogP contribution in [0.15, 0.2) is 36.5 Å². The Balaban J connectivity index is 1.91. The lowest BCUT2D eigenvalue weighted by molar-refractivity contribution is -0.121. The highest BCUT2D eigenvalue weighted by Crippen LogP contribution is 2.24. The molecule has 0 aliphatic carbocycles. The van der Waals surface area contributed by atoms with Crippen molar-refractivity contribution in [3.05, 3.63) is 36.5 Å². The molecular formula is C15H17N3O. The van der Waals surface area contributed by atoms with Gasteiger partial charge in [0, 0.05) is 11.6 Å². The molecule has 98 valence electrons. The molecule has 0 spiro atoms. The number of carbonyl (C=O) groups is 1. The molecule has 1 aromatic heterocycles. The number of benzene rings is 1. The van der Waals surface area contributed by atoms with Gasteiger partial charge in [-0.05, 0) is 38.4 Å². The van der Waals surface area contributed by atoms with Crippen molar-refractivity contribution < 1.29 is 4.79 Å². The predicted molar refractivity (Wildman–Crippen MR) is 76.0 cm³/mol. The van der Waals surface area contributed by atoms with E-state index >= 15 is 0 Å². The van der Waals surface area contributed by atoms with Gasteiger partial charge in [0.15, 0.2) is 0 Å². The summed E-state index contributed by atoms with van der Waals surface area (Å²) in [5.41, 5.74) is 1.15. The lowest BCUT2D eigenvalue weighted by atomic mass is 9.99. The summed E-state index contributed by atoms with van der Waals surface area (Å²) >= 11 is 0. The standard InChI is InChI=1S/C15H17N3O/c1-15(8-4-10-17-15)14(19)18-12-7-2-5-11-6-3-9-16-13(11)12/h2-3,5-7,9,17H,4,8,10H2,1H3,(H,18,19). The SMILES string of the molecule is CC1(C(=O)Nc2cccc3cccnc23)CCCN1. The second-order valence-electron chi connectivity index (χ2n) is 5.20. The molecule has 1 amide bonds. The zero-order valence-corrected chi connectivity index (χ0v) is 10.9. The number of nitrogens with one attached hydrogen (secondary N) is 2. The maximum absolute atomic E-state index is 12.4.